The number of aromatic nitrogens is 2. The SMILES string of the molecule is Cc1cnc(C(=O)N[C@@H]2COCC[C@@H]2OCCN(C)C)[nH]1. The number of aryl methyl sites for hydroxylation is 1. The third-order valence-electron chi connectivity index (χ3n) is 3.40. The van der Waals surface area contributed by atoms with Gasteiger partial charge in [0.1, 0.15) is 0 Å². The van der Waals surface area contributed by atoms with E-state index in [4.69, 9.17) is 9.47 Å². The lowest BCUT2D eigenvalue weighted by molar-refractivity contribution is -0.0562. The summed E-state index contributed by atoms with van der Waals surface area (Å²) in [5.74, 6) is 0.102. The van der Waals surface area contributed by atoms with Crippen molar-refractivity contribution in [3.05, 3.63) is 17.7 Å². The van der Waals surface area contributed by atoms with Gasteiger partial charge in [0.2, 0.25) is 0 Å². The normalized spacial score (nSPS) is 22.5. The molecule has 7 nitrogen and oxygen atoms in total. The van der Waals surface area contributed by atoms with Crippen molar-refractivity contribution in [3.63, 3.8) is 0 Å². The van der Waals surface area contributed by atoms with Crippen LogP contribution in [0.4, 0.5) is 0 Å². The summed E-state index contributed by atoms with van der Waals surface area (Å²) in [5, 5.41) is 2.94. The molecule has 21 heavy (non-hydrogen) atoms. The van der Waals surface area contributed by atoms with Crippen molar-refractivity contribution in [1.29, 1.82) is 0 Å². The maximum atomic E-state index is 12.1. The van der Waals surface area contributed by atoms with Crippen LogP contribution in [0.3, 0.4) is 0 Å². The summed E-state index contributed by atoms with van der Waals surface area (Å²) in [7, 11) is 4.01. The van der Waals surface area contributed by atoms with E-state index in [1.165, 1.54) is 0 Å². The lowest BCUT2D eigenvalue weighted by Gasteiger charge is -2.32. The van der Waals surface area contributed by atoms with Crippen molar-refractivity contribution in [2.75, 3.05) is 40.5 Å². The molecule has 1 aromatic rings. The number of aromatic amines is 1. The number of carbonyl (C=O) groups excluding carboxylic acids is 1. The second-order valence-electron chi connectivity index (χ2n) is 5.57. The molecule has 7 heteroatoms. The number of nitrogens with zero attached hydrogens (tertiary/aromatic N) is 2. The van der Waals surface area contributed by atoms with E-state index in [0.29, 0.717) is 25.6 Å². The first-order valence-corrected chi connectivity index (χ1v) is 7.23. The number of ether oxygens (including phenoxy) is 2. The Morgan fingerprint density at radius 1 is 1.62 bits per heavy atom. The zero-order valence-corrected chi connectivity index (χ0v) is 12.9. The molecule has 0 aliphatic carbocycles. The van der Waals surface area contributed by atoms with E-state index in [0.717, 1.165) is 18.7 Å². The average Bonchev–Trinajstić information content (AvgIpc) is 2.87. The molecule has 1 amide bonds. The smallest absolute Gasteiger partial charge is 0.287 e. The molecular weight excluding hydrogens is 272 g/mol. The Labute approximate surface area is 125 Å². The molecule has 0 saturated carbocycles. The number of imidazole rings is 1. The Hall–Kier alpha value is -1.44. The molecule has 2 heterocycles. The van der Waals surface area contributed by atoms with Crippen molar-refractivity contribution < 1.29 is 14.3 Å². The van der Waals surface area contributed by atoms with Gasteiger partial charge in [-0.25, -0.2) is 4.98 Å². The van der Waals surface area contributed by atoms with E-state index in [-0.39, 0.29) is 18.1 Å². The van der Waals surface area contributed by atoms with Crippen LogP contribution in [0.25, 0.3) is 0 Å². The fourth-order valence-corrected chi connectivity index (χ4v) is 2.20. The van der Waals surface area contributed by atoms with Crippen molar-refractivity contribution in [1.82, 2.24) is 20.2 Å². The molecule has 2 atom stereocenters. The first-order valence-electron chi connectivity index (χ1n) is 7.23. The monoisotopic (exact) mass is 296 g/mol. The van der Waals surface area contributed by atoms with Crippen molar-refractivity contribution in [2.45, 2.75) is 25.5 Å². The van der Waals surface area contributed by atoms with Gasteiger partial charge in [-0.1, -0.05) is 0 Å². The van der Waals surface area contributed by atoms with Gasteiger partial charge in [-0.05, 0) is 27.4 Å². The lowest BCUT2D eigenvalue weighted by atomic mass is 10.1. The Kier molecular flexibility index (Phi) is 5.72. The second kappa shape index (κ2) is 7.53. The highest BCUT2D eigenvalue weighted by molar-refractivity contribution is 5.90. The highest BCUT2D eigenvalue weighted by Crippen LogP contribution is 2.12. The van der Waals surface area contributed by atoms with Gasteiger partial charge in [0.05, 0.1) is 25.4 Å². The van der Waals surface area contributed by atoms with Gasteiger partial charge in [-0.3, -0.25) is 4.79 Å². The second-order valence-corrected chi connectivity index (χ2v) is 5.57. The summed E-state index contributed by atoms with van der Waals surface area (Å²) in [6.07, 6.45) is 2.41. The van der Waals surface area contributed by atoms with Crippen LogP contribution >= 0.6 is 0 Å². The summed E-state index contributed by atoms with van der Waals surface area (Å²) in [4.78, 5) is 21.2. The van der Waals surface area contributed by atoms with Crippen molar-refractivity contribution in [2.24, 2.45) is 0 Å². The van der Waals surface area contributed by atoms with Gasteiger partial charge in [0.15, 0.2) is 5.82 Å². The molecule has 1 aromatic heterocycles. The van der Waals surface area contributed by atoms with E-state index in [1.54, 1.807) is 6.20 Å². The fourth-order valence-electron chi connectivity index (χ4n) is 2.20. The number of carbonyl (C=O) groups is 1. The molecule has 0 unspecified atom stereocenters. The van der Waals surface area contributed by atoms with E-state index in [9.17, 15) is 4.79 Å². The summed E-state index contributed by atoms with van der Waals surface area (Å²) < 4.78 is 11.3. The molecule has 1 fully saturated rings. The number of amides is 1. The molecule has 1 aliphatic rings. The minimum Gasteiger partial charge on any atom is -0.379 e. The van der Waals surface area contributed by atoms with Crippen LogP contribution in [0, 0.1) is 6.92 Å². The Bertz CT molecular complexity index is 461. The largest absolute Gasteiger partial charge is 0.379 e. The summed E-state index contributed by atoms with van der Waals surface area (Å²) in [5.41, 5.74) is 0.860. The lowest BCUT2D eigenvalue weighted by Crippen LogP contribution is -2.51. The average molecular weight is 296 g/mol. The zero-order valence-electron chi connectivity index (χ0n) is 12.9. The van der Waals surface area contributed by atoms with E-state index in [2.05, 4.69) is 20.2 Å². The molecule has 0 radical (unpaired) electrons. The van der Waals surface area contributed by atoms with Gasteiger partial charge in [-0.2, -0.15) is 0 Å². The Morgan fingerprint density at radius 2 is 2.43 bits per heavy atom. The van der Waals surface area contributed by atoms with Gasteiger partial charge >= 0.3 is 0 Å². The van der Waals surface area contributed by atoms with E-state index in [1.807, 2.05) is 21.0 Å². The molecule has 0 spiro atoms. The van der Waals surface area contributed by atoms with Crippen molar-refractivity contribution in [3.8, 4) is 0 Å². The summed E-state index contributed by atoms with van der Waals surface area (Å²) in [6, 6.07) is -0.140. The molecule has 0 bridgehead atoms. The van der Waals surface area contributed by atoms with Crippen LogP contribution < -0.4 is 5.32 Å². The van der Waals surface area contributed by atoms with Crippen LogP contribution in [0.2, 0.25) is 0 Å². The summed E-state index contributed by atoms with van der Waals surface area (Å²) in [6.45, 7) is 4.50. The molecule has 2 N–H and O–H groups in total. The standard InChI is InChI=1S/C14H24N4O3/c1-10-8-15-13(16-10)14(19)17-11-9-20-6-4-12(11)21-7-5-18(2)3/h8,11-12H,4-7,9H2,1-3H3,(H,15,16)(H,17,19)/t11-,12+/m1/s1. The van der Waals surface area contributed by atoms with Gasteiger partial charge < -0.3 is 24.7 Å². The number of H-pyrrole nitrogens is 1. The molecule has 2 rings (SSSR count). The van der Waals surface area contributed by atoms with Crippen molar-refractivity contribution >= 4 is 5.91 Å². The number of likely N-dealkylation sites (N-methyl/N-ethyl adjacent to an activating group) is 1. The third-order valence-corrected chi connectivity index (χ3v) is 3.40. The molecular formula is C14H24N4O3. The minimum atomic E-state index is -0.222. The van der Waals surface area contributed by atoms with Gasteiger partial charge in [0, 0.05) is 25.0 Å². The predicted octanol–water partition coefficient (Wildman–Crippen LogP) is 0.184. The maximum absolute atomic E-state index is 12.1. The number of hydrogen-bond acceptors (Lipinski definition) is 5. The topological polar surface area (TPSA) is 79.5 Å². The number of rotatable bonds is 6. The van der Waals surface area contributed by atoms with E-state index >= 15 is 0 Å². The van der Waals surface area contributed by atoms with Gasteiger partial charge in [0.25, 0.3) is 5.91 Å². The van der Waals surface area contributed by atoms with Crippen LogP contribution in [0.15, 0.2) is 6.20 Å². The van der Waals surface area contributed by atoms with Crippen LogP contribution in [0.1, 0.15) is 22.7 Å². The molecule has 0 aromatic carbocycles. The first-order chi connectivity index (χ1) is 10.1. The van der Waals surface area contributed by atoms with Crippen LogP contribution in [-0.4, -0.2) is 73.4 Å². The molecule has 118 valence electrons. The molecule has 1 aliphatic heterocycles. The zero-order chi connectivity index (χ0) is 15.2. The number of hydrogen-bond donors (Lipinski definition) is 2. The van der Waals surface area contributed by atoms with Crippen LogP contribution in [0.5, 0.6) is 0 Å². The van der Waals surface area contributed by atoms with E-state index < -0.39 is 0 Å². The minimum absolute atomic E-state index is 0.0151. The van der Waals surface area contributed by atoms with Crippen LogP contribution in [-0.2, 0) is 9.47 Å². The predicted molar refractivity (Wildman–Crippen MR) is 78.3 cm³/mol. The molecule has 1 saturated heterocycles. The Balaban J connectivity index is 1.87. The highest BCUT2D eigenvalue weighted by Gasteiger charge is 2.28. The summed E-state index contributed by atoms with van der Waals surface area (Å²) >= 11 is 0. The fraction of sp³-hybridized carbons (Fsp3) is 0.714. The Morgan fingerprint density at radius 3 is 3.10 bits per heavy atom. The maximum Gasteiger partial charge on any atom is 0.287 e. The highest BCUT2D eigenvalue weighted by atomic mass is 16.5. The quantitative estimate of drug-likeness (QED) is 0.783. The van der Waals surface area contributed by atoms with Gasteiger partial charge in [-0.15, -0.1) is 0 Å². The third kappa shape index (κ3) is 4.80. The first kappa shape index (κ1) is 15.9. The number of nitrogens with one attached hydrogen (secondary N) is 2.